The van der Waals surface area contributed by atoms with E-state index in [1.54, 1.807) is 12.1 Å². The maximum absolute atomic E-state index is 12.4. The summed E-state index contributed by atoms with van der Waals surface area (Å²) in [6.07, 6.45) is 2.62. The molecule has 1 atom stereocenters. The van der Waals surface area contributed by atoms with Crippen LogP contribution < -0.4 is 10.6 Å². The predicted octanol–water partition coefficient (Wildman–Crippen LogP) is 2.70. The Kier molecular flexibility index (Phi) is 5.43. The first-order valence-electron chi connectivity index (χ1n) is 8.16. The number of hydrogen-bond acceptors (Lipinski definition) is 5. The van der Waals surface area contributed by atoms with Gasteiger partial charge in [0.1, 0.15) is 5.69 Å². The first kappa shape index (κ1) is 18.2. The molecule has 3 N–H and O–H groups in total. The summed E-state index contributed by atoms with van der Waals surface area (Å²) in [5.74, 6) is -0.417. The second-order valence-corrected chi connectivity index (χ2v) is 7.53. The van der Waals surface area contributed by atoms with Crippen LogP contribution in [-0.4, -0.2) is 34.6 Å². The molecule has 1 aliphatic rings. The van der Waals surface area contributed by atoms with E-state index in [0.717, 1.165) is 12.8 Å². The number of nitrogens with zero attached hydrogens (tertiary/aromatic N) is 1. The third-order valence-corrected chi connectivity index (χ3v) is 3.81. The molecular weight excluding hydrogens is 310 g/mol. The van der Waals surface area contributed by atoms with Crippen molar-refractivity contribution in [3.05, 3.63) is 33.9 Å². The Labute approximate surface area is 141 Å². The van der Waals surface area contributed by atoms with Crippen molar-refractivity contribution in [1.29, 1.82) is 0 Å². The zero-order valence-corrected chi connectivity index (χ0v) is 14.3. The summed E-state index contributed by atoms with van der Waals surface area (Å²) in [5, 5.41) is 26.6. The SMILES string of the molecule is CC(C)(C)CC(CO)NC(=O)c1ccc(NC2CC2)c([N+](=O)[O-])c1. The van der Waals surface area contributed by atoms with Gasteiger partial charge >= 0.3 is 0 Å². The van der Waals surface area contributed by atoms with Crippen molar-refractivity contribution in [2.75, 3.05) is 11.9 Å². The van der Waals surface area contributed by atoms with E-state index in [-0.39, 0.29) is 35.4 Å². The zero-order valence-electron chi connectivity index (χ0n) is 14.3. The third-order valence-electron chi connectivity index (χ3n) is 3.81. The summed E-state index contributed by atoms with van der Waals surface area (Å²) >= 11 is 0. The van der Waals surface area contributed by atoms with Gasteiger partial charge in [-0.3, -0.25) is 14.9 Å². The fourth-order valence-electron chi connectivity index (χ4n) is 2.56. The van der Waals surface area contributed by atoms with Crippen LogP contribution in [0, 0.1) is 15.5 Å². The Morgan fingerprint density at radius 2 is 2.08 bits per heavy atom. The van der Waals surface area contributed by atoms with E-state index >= 15 is 0 Å². The number of aliphatic hydroxyl groups is 1. The molecule has 0 aromatic heterocycles. The highest BCUT2D eigenvalue weighted by atomic mass is 16.6. The second kappa shape index (κ2) is 7.17. The normalized spacial score (nSPS) is 15.7. The Morgan fingerprint density at radius 3 is 2.58 bits per heavy atom. The predicted molar refractivity (Wildman–Crippen MR) is 92.2 cm³/mol. The average molecular weight is 335 g/mol. The summed E-state index contributed by atoms with van der Waals surface area (Å²) in [4.78, 5) is 23.1. The quantitative estimate of drug-likeness (QED) is 0.525. The molecule has 132 valence electrons. The van der Waals surface area contributed by atoms with Crippen LogP contribution >= 0.6 is 0 Å². The minimum absolute atomic E-state index is 0.0509. The van der Waals surface area contributed by atoms with Crippen molar-refractivity contribution < 1.29 is 14.8 Å². The number of rotatable bonds is 7. The van der Waals surface area contributed by atoms with Gasteiger partial charge in [0.05, 0.1) is 17.6 Å². The molecule has 7 nitrogen and oxygen atoms in total. The van der Waals surface area contributed by atoms with Crippen LogP contribution in [0.3, 0.4) is 0 Å². The van der Waals surface area contributed by atoms with Crippen molar-refractivity contribution in [1.82, 2.24) is 5.32 Å². The number of hydrogen-bond donors (Lipinski definition) is 3. The lowest BCUT2D eigenvalue weighted by atomic mass is 9.88. The summed E-state index contributed by atoms with van der Waals surface area (Å²) in [5.41, 5.74) is 0.499. The van der Waals surface area contributed by atoms with Gasteiger partial charge in [-0.15, -0.1) is 0 Å². The van der Waals surface area contributed by atoms with Crippen LogP contribution in [0.2, 0.25) is 0 Å². The van der Waals surface area contributed by atoms with E-state index in [1.165, 1.54) is 6.07 Å². The molecule has 1 unspecified atom stereocenters. The maximum Gasteiger partial charge on any atom is 0.293 e. The lowest BCUT2D eigenvalue weighted by Crippen LogP contribution is -2.40. The number of nitro groups is 1. The summed E-state index contributed by atoms with van der Waals surface area (Å²) in [6.45, 7) is 5.88. The van der Waals surface area contributed by atoms with E-state index < -0.39 is 10.8 Å². The van der Waals surface area contributed by atoms with Crippen molar-refractivity contribution in [2.45, 2.75) is 52.1 Å². The number of amides is 1. The molecule has 1 aromatic rings. The van der Waals surface area contributed by atoms with Crippen molar-refractivity contribution in [3.8, 4) is 0 Å². The summed E-state index contributed by atoms with van der Waals surface area (Å²) < 4.78 is 0. The molecule has 0 spiro atoms. The van der Waals surface area contributed by atoms with Gasteiger partial charge in [0.2, 0.25) is 0 Å². The van der Waals surface area contributed by atoms with Gasteiger partial charge in [0.25, 0.3) is 11.6 Å². The molecular formula is C17H25N3O4. The Morgan fingerprint density at radius 1 is 1.42 bits per heavy atom. The fraction of sp³-hybridized carbons (Fsp3) is 0.588. The maximum atomic E-state index is 12.4. The minimum Gasteiger partial charge on any atom is -0.394 e. The summed E-state index contributed by atoms with van der Waals surface area (Å²) in [6, 6.07) is 4.32. The highest BCUT2D eigenvalue weighted by molar-refractivity contribution is 5.96. The van der Waals surface area contributed by atoms with Crippen LogP contribution in [0.25, 0.3) is 0 Å². The van der Waals surface area contributed by atoms with Gasteiger partial charge < -0.3 is 15.7 Å². The molecule has 0 saturated heterocycles. The zero-order chi connectivity index (χ0) is 17.9. The molecule has 0 bridgehead atoms. The molecule has 1 amide bonds. The Bertz CT molecular complexity index is 621. The van der Waals surface area contributed by atoms with E-state index in [2.05, 4.69) is 10.6 Å². The molecule has 1 saturated carbocycles. The third kappa shape index (κ3) is 5.19. The van der Waals surface area contributed by atoms with Crippen LogP contribution in [-0.2, 0) is 0 Å². The van der Waals surface area contributed by atoms with Gasteiger partial charge in [-0.1, -0.05) is 20.8 Å². The van der Waals surface area contributed by atoms with Crippen LogP contribution in [0.5, 0.6) is 0 Å². The number of benzene rings is 1. The molecule has 0 aliphatic heterocycles. The van der Waals surface area contributed by atoms with Crippen molar-refractivity contribution in [3.63, 3.8) is 0 Å². The lowest BCUT2D eigenvalue weighted by molar-refractivity contribution is -0.384. The van der Waals surface area contributed by atoms with Gasteiger partial charge in [-0.25, -0.2) is 0 Å². The monoisotopic (exact) mass is 335 g/mol. The standard InChI is InChI=1S/C17H25N3O4/c1-17(2,3)9-13(10-21)19-16(22)11-4-7-14(18-12-5-6-12)15(8-11)20(23)24/h4,7-8,12-13,18,21H,5-6,9-10H2,1-3H3,(H,19,22). The average Bonchev–Trinajstić information content (AvgIpc) is 3.29. The van der Waals surface area contributed by atoms with E-state index in [0.29, 0.717) is 12.1 Å². The largest absolute Gasteiger partial charge is 0.394 e. The number of carbonyl (C=O) groups excluding carboxylic acids is 1. The molecule has 2 rings (SSSR count). The molecule has 1 fully saturated rings. The molecule has 0 radical (unpaired) electrons. The van der Waals surface area contributed by atoms with Crippen molar-refractivity contribution >= 4 is 17.3 Å². The first-order valence-corrected chi connectivity index (χ1v) is 8.16. The Balaban J connectivity index is 2.13. The van der Waals surface area contributed by atoms with Gasteiger partial charge in [0.15, 0.2) is 0 Å². The fourth-order valence-corrected chi connectivity index (χ4v) is 2.56. The highest BCUT2D eigenvalue weighted by Crippen LogP contribution is 2.31. The lowest BCUT2D eigenvalue weighted by Gasteiger charge is -2.25. The van der Waals surface area contributed by atoms with E-state index in [1.807, 2.05) is 20.8 Å². The number of aliphatic hydroxyl groups excluding tert-OH is 1. The number of anilines is 1. The topological polar surface area (TPSA) is 104 Å². The van der Waals surface area contributed by atoms with Gasteiger partial charge in [-0.05, 0) is 36.8 Å². The van der Waals surface area contributed by atoms with E-state index in [9.17, 15) is 20.0 Å². The second-order valence-electron chi connectivity index (χ2n) is 7.53. The molecule has 7 heteroatoms. The first-order chi connectivity index (χ1) is 11.2. The van der Waals surface area contributed by atoms with Gasteiger partial charge in [-0.2, -0.15) is 0 Å². The smallest absolute Gasteiger partial charge is 0.293 e. The highest BCUT2D eigenvalue weighted by Gasteiger charge is 2.26. The minimum atomic E-state index is -0.486. The van der Waals surface area contributed by atoms with Gasteiger partial charge in [0, 0.05) is 17.7 Å². The van der Waals surface area contributed by atoms with Crippen LogP contribution in [0.4, 0.5) is 11.4 Å². The van der Waals surface area contributed by atoms with Crippen LogP contribution in [0.1, 0.15) is 50.4 Å². The molecule has 1 aromatic carbocycles. The number of nitrogens with one attached hydrogen (secondary N) is 2. The Hall–Kier alpha value is -2.15. The molecule has 0 heterocycles. The summed E-state index contributed by atoms with van der Waals surface area (Å²) in [7, 11) is 0. The number of carbonyl (C=O) groups is 1. The number of nitro benzene ring substituents is 1. The van der Waals surface area contributed by atoms with Crippen LogP contribution in [0.15, 0.2) is 18.2 Å². The molecule has 24 heavy (non-hydrogen) atoms. The molecule has 1 aliphatic carbocycles. The van der Waals surface area contributed by atoms with Crippen molar-refractivity contribution in [2.24, 2.45) is 5.41 Å². The van der Waals surface area contributed by atoms with E-state index in [4.69, 9.17) is 0 Å².